The lowest BCUT2D eigenvalue weighted by atomic mass is 10.1. The summed E-state index contributed by atoms with van der Waals surface area (Å²) in [6.07, 6.45) is 2.62. The summed E-state index contributed by atoms with van der Waals surface area (Å²) in [7, 11) is 1.83. The van der Waals surface area contributed by atoms with Gasteiger partial charge in [-0.1, -0.05) is 12.1 Å². The normalized spacial score (nSPS) is 16.1. The maximum Gasteiger partial charge on any atom is 0.255 e. The summed E-state index contributed by atoms with van der Waals surface area (Å²) in [5.74, 6) is 1.32. The first-order valence-corrected chi connectivity index (χ1v) is 12.3. The van der Waals surface area contributed by atoms with Gasteiger partial charge in [0.05, 0.1) is 18.8 Å². The van der Waals surface area contributed by atoms with Crippen LogP contribution < -0.4 is 19.7 Å². The van der Waals surface area contributed by atoms with Crippen molar-refractivity contribution >= 4 is 11.6 Å². The molecule has 2 aromatic carbocycles. The number of aryl methyl sites for hydroxylation is 2. The number of ether oxygens (including phenoxy) is 2. The number of aromatic nitrogens is 2. The molecule has 0 radical (unpaired) electrons. The first-order valence-electron chi connectivity index (χ1n) is 12.3. The number of rotatable bonds is 6. The Balaban J connectivity index is 1.17. The Morgan fingerprint density at radius 3 is 2.63 bits per heavy atom. The number of amides is 1. The van der Waals surface area contributed by atoms with Gasteiger partial charge in [0.2, 0.25) is 0 Å². The zero-order valence-electron chi connectivity index (χ0n) is 20.5. The number of carbonyl (C=O) groups excluding carboxylic acids is 1. The summed E-state index contributed by atoms with van der Waals surface area (Å²) in [5, 5.41) is 7.65. The maximum absolute atomic E-state index is 13.1. The van der Waals surface area contributed by atoms with Crippen molar-refractivity contribution in [2.45, 2.75) is 13.3 Å². The number of nitrogens with one attached hydrogen (secondary N) is 1. The van der Waals surface area contributed by atoms with E-state index in [1.54, 1.807) is 10.9 Å². The molecule has 0 aliphatic carbocycles. The van der Waals surface area contributed by atoms with Crippen LogP contribution >= 0.6 is 0 Å². The summed E-state index contributed by atoms with van der Waals surface area (Å²) >= 11 is 0. The zero-order valence-corrected chi connectivity index (χ0v) is 20.5. The van der Waals surface area contributed by atoms with Crippen molar-refractivity contribution in [1.82, 2.24) is 20.0 Å². The molecule has 35 heavy (non-hydrogen) atoms. The minimum absolute atomic E-state index is 0.112. The minimum Gasteiger partial charge on any atom is -0.490 e. The first-order chi connectivity index (χ1) is 17.1. The molecule has 2 aliphatic rings. The lowest BCUT2D eigenvalue weighted by Crippen LogP contribution is -2.48. The number of piperazine rings is 1. The quantitative estimate of drug-likeness (QED) is 0.591. The van der Waals surface area contributed by atoms with E-state index in [9.17, 15) is 4.79 Å². The van der Waals surface area contributed by atoms with Crippen molar-refractivity contribution in [3.05, 3.63) is 59.8 Å². The molecule has 0 spiro atoms. The molecule has 184 valence electrons. The van der Waals surface area contributed by atoms with E-state index in [2.05, 4.69) is 51.4 Å². The van der Waals surface area contributed by atoms with E-state index in [1.807, 2.05) is 25.2 Å². The van der Waals surface area contributed by atoms with Gasteiger partial charge in [-0.15, -0.1) is 0 Å². The molecule has 3 aromatic rings. The molecule has 8 nitrogen and oxygen atoms in total. The van der Waals surface area contributed by atoms with Crippen molar-refractivity contribution in [2.24, 2.45) is 7.05 Å². The first kappa shape index (κ1) is 23.2. The molecule has 1 aromatic heterocycles. The highest BCUT2D eigenvalue weighted by Crippen LogP contribution is 2.34. The minimum atomic E-state index is -0.112. The second kappa shape index (κ2) is 10.4. The Kier molecular flexibility index (Phi) is 6.90. The molecule has 0 saturated carbocycles. The van der Waals surface area contributed by atoms with Gasteiger partial charge < -0.3 is 19.7 Å². The third kappa shape index (κ3) is 5.43. The van der Waals surface area contributed by atoms with Crippen LogP contribution in [0.4, 0.5) is 5.69 Å². The van der Waals surface area contributed by atoms with E-state index >= 15 is 0 Å². The number of hydrogen-bond acceptors (Lipinski definition) is 6. The van der Waals surface area contributed by atoms with Crippen LogP contribution in [0, 0.1) is 6.92 Å². The van der Waals surface area contributed by atoms with Crippen molar-refractivity contribution in [3.8, 4) is 22.8 Å². The Morgan fingerprint density at radius 2 is 1.83 bits per heavy atom. The van der Waals surface area contributed by atoms with Crippen LogP contribution in [0.3, 0.4) is 0 Å². The molecule has 1 amide bonds. The molecule has 1 saturated heterocycles. The van der Waals surface area contributed by atoms with Crippen LogP contribution in [0.1, 0.15) is 22.3 Å². The number of hydrogen-bond donors (Lipinski definition) is 1. The van der Waals surface area contributed by atoms with E-state index in [4.69, 9.17) is 9.47 Å². The van der Waals surface area contributed by atoms with Crippen LogP contribution in [-0.2, 0) is 7.05 Å². The largest absolute Gasteiger partial charge is 0.490 e. The van der Waals surface area contributed by atoms with Crippen molar-refractivity contribution in [3.63, 3.8) is 0 Å². The van der Waals surface area contributed by atoms with E-state index in [1.165, 1.54) is 11.3 Å². The van der Waals surface area contributed by atoms with Crippen molar-refractivity contribution in [1.29, 1.82) is 0 Å². The van der Waals surface area contributed by atoms with Crippen molar-refractivity contribution in [2.75, 3.05) is 57.4 Å². The molecule has 3 heterocycles. The molecule has 0 atom stereocenters. The van der Waals surface area contributed by atoms with Gasteiger partial charge >= 0.3 is 0 Å². The van der Waals surface area contributed by atoms with Gasteiger partial charge in [-0.25, -0.2) is 0 Å². The van der Waals surface area contributed by atoms with Gasteiger partial charge in [0.1, 0.15) is 5.69 Å². The van der Waals surface area contributed by atoms with Crippen LogP contribution in [0.25, 0.3) is 11.3 Å². The zero-order chi connectivity index (χ0) is 24.2. The number of anilines is 1. The third-order valence-corrected chi connectivity index (χ3v) is 6.55. The molecule has 2 aliphatic heterocycles. The van der Waals surface area contributed by atoms with Gasteiger partial charge in [-0.05, 0) is 42.8 Å². The Labute approximate surface area is 206 Å². The monoisotopic (exact) mass is 475 g/mol. The van der Waals surface area contributed by atoms with Gasteiger partial charge in [-0.3, -0.25) is 14.4 Å². The van der Waals surface area contributed by atoms with Crippen molar-refractivity contribution < 1.29 is 14.3 Å². The molecular weight excluding hydrogens is 442 g/mol. The topological polar surface area (TPSA) is 71.9 Å². The molecule has 0 unspecified atom stereocenters. The third-order valence-electron chi connectivity index (χ3n) is 6.55. The number of nitrogens with zero attached hydrogens (tertiary/aromatic N) is 4. The maximum atomic E-state index is 13.1. The average molecular weight is 476 g/mol. The summed E-state index contributed by atoms with van der Waals surface area (Å²) in [5.41, 5.74) is 4.62. The van der Waals surface area contributed by atoms with E-state index < -0.39 is 0 Å². The summed E-state index contributed by atoms with van der Waals surface area (Å²) < 4.78 is 13.2. The molecule has 1 fully saturated rings. The summed E-state index contributed by atoms with van der Waals surface area (Å²) in [4.78, 5) is 17.9. The highest BCUT2D eigenvalue weighted by molar-refractivity contribution is 5.99. The molecule has 1 N–H and O–H groups in total. The molecule has 5 rings (SSSR count). The van der Waals surface area contributed by atoms with Gasteiger partial charge in [0.15, 0.2) is 11.5 Å². The Hall–Kier alpha value is -3.52. The fraction of sp³-hybridized carbons (Fsp3) is 0.407. The second-order valence-electron chi connectivity index (χ2n) is 9.20. The van der Waals surface area contributed by atoms with E-state index in [-0.39, 0.29) is 5.91 Å². The average Bonchev–Trinajstić information content (AvgIpc) is 3.11. The number of fused-ring (bicyclic) bond motifs is 1. The van der Waals surface area contributed by atoms with Crippen LogP contribution in [0.5, 0.6) is 11.5 Å². The lowest BCUT2D eigenvalue weighted by molar-refractivity contribution is 0.0948. The molecule has 8 heteroatoms. The molecular formula is C27H33N5O3. The highest BCUT2D eigenvalue weighted by Gasteiger charge is 2.21. The lowest BCUT2D eigenvalue weighted by Gasteiger charge is -2.36. The van der Waals surface area contributed by atoms with Crippen LogP contribution in [0.2, 0.25) is 0 Å². The predicted molar refractivity (Wildman–Crippen MR) is 136 cm³/mol. The van der Waals surface area contributed by atoms with E-state index in [0.717, 1.165) is 50.5 Å². The van der Waals surface area contributed by atoms with Crippen LogP contribution in [0.15, 0.2) is 48.7 Å². The predicted octanol–water partition coefficient (Wildman–Crippen LogP) is 3.11. The smallest absolute Gasteiger partial charge is 0.255 e. The highest BCUT2D eigenvalue weighted by atomic mass is 16.5. The fourth-order valence-corrected chi connectivity index (χ4v) is 4.66. The van der Waals surface area contributed by atoms with Gasteiger partial charge in [0, 0.05) is 70.2 Å². The Morgan fingerprint density at radius 1 is 1.03 bits per heavy atom. The Bertz CT molecular complexity index is 1180. The van der Waals surface area contributed by atoms with E-state index in [0.29, 0.717) is 36.8 Å². The summed E-state index contributed by atoms with van der Waals surface area (Å²) in [6, 6.07) is 14.4. The standard InChI is InChI=1S/C27H33N5O3/c1-20-5-3-6-22(17-20)32-13-11-31(12-14-32)10-9-28-27(33)23-19-30(2)29-26(23)21-7-8-24-25(18-21)35-16-4-15-34-24/h3,5-8,17-19H,4,9-16H2,1-2H3,(H,28,33). The number of benzene rings is 2. The van der Waals surface area contributed by atoms with Crippen LogP contribution in [-0.4, -0.2) is 73.1 Å². The van der Waals surface area contributed by atoms with Gasteiger partial charge in [0.25, 0.3) is 5.91 Å². The molecule has 0 bridgehead atoms. The number of carbonyl (C=O) groups is 1. The van der Waals surface area contributed by atoms with Gasteiger partial charge in [-0.2, -0.15) is 5.10 Å². The summed E-state index contributed by atoms with van der Waals surface area (Å²) in [6.45, 7) is 8.77. The SMILES string of the molecule is Cc1cccc(N2CCN(CCNC(=O)c3cn(C)nc3-c3ccc4c(c3)OCCCO4)CC2)c1. The second-order valence-corrected chi connectivity index (χ2v) is 9.20. The fourth-order valence-electron chi connectivity index (χ4n) is 4.66.